The van der Waals surface area contributed by atoms with Crippen LogP contribution in [0.5, 0.6) is 0 Å². The minimum absolute atomic E-state index is 0.0856. The van der Waals surface area contributed by atoms with Gasteiger partial charge in [-0.25, -0.2) is 19.8 Å². The molecule has 0 unspecified atom stereocenters. The smallest absolute Gasteiger partial charge is 0.407 e. The molecule has 4 fully saturated rings. The number of imidazole rings is 2. The average Bonchev–Trinajstić information content (AvgIpc) is 3.99. The van der Waals surface area contributed by atoms with Gasteiger partial charge >= 0.3 is 6.09 Å². The van der Waals surface area contributed by atoms with Crippen LogP contribution in [0, 0.1) is 11.8 Å². The molecule has 64 heavy (non-hydrogen) atoms. The van der Waals surface area contributed by atoms with E-state index in [1.807, 2.05) is 76.5 Å². The van der Waals surface area contributed by atoms with E-state index in [0.717, 1.165) is 87.2 Å². The summed E-state index contributed by atoms with van der Waals surface area (Å²) in [6.07, 6.45) is 4.11. The minimum Gasteiger partial charge on any atom is -0.453 e. The molecule has 0 radical (unpaired) electrons. The fourth-order valence-corrected chi connectivity index (χ4v) is 10.1. The molecule has 2 saturated carbocycles. The minimum atomic E-state index is -0.874. The van der Waals surface area contributed by atoms with Gasteiger partial charge < -0.3 is 34.7 Å². The number of aliphatic imine (C=N–C) groups is 1. The number of aromatic amines is 2. The maximum atomic E-state index is 14.3. The van der Waals surface area contributed by atoms with E-state index in [0.29, 0.717) is 17.4 Å². The van der Waals surface area contributed by atoms with Gasteiger partial charge in [0.1, 0.15) is 17.7 Å². The van der Waals surface area contributed by atoms with Gasteiger partial charge in [-0.15, -0.1) is 0 Å². The number of nitrogens with zero attached hydrogens (tertiary/aromatic N) is 5. The summed E-state index contributed by atoms with van der Waals surface area (Å²) >= 11 is 0. The van der Waals surface area contributed by atoms with Crippen LogP contribution in [0.1, 0.15) is 72.6 Å². The highest BCUT2D eigenvalue weighted by Gasteiger charge is 2.57. The van der Waals surface area contributed by atoms with Gasteiger partial charge in [0.25, 0.3) is 11.8 Å². The topological polar surface area (TPSA) is 167 Å². The Kier molecular flexibility index (Phi) is 9.94. The zero-order chi connectivity index (χ0) is 43.5. The molecule has 11 rings (SSSR count). The molecule has 14 heteroatoms. The number of aromatic nitrogens is 4. The van der Waals surface area contributed by atoms with Crippen molar-refractivity contribution in [3.63, 3.8) is 0 Å². The number of amides is 3. The van der Waals surface area contributed by atoms with Crippen molar-refractivity contribution in [3.05, 3.63) is 144 Å². The number of carbonyl (C=O) groups excluding carboxylic acids is 3. The molecule has 4 aliphatic rings. The molecule has 5 aromatic carbocycles. The van der Waals surface area contributed by atoms with Crippen LogP contribution in [0.15, 0.2) is 126 Å². The van der Waals surface area contributed by atoms with Crippen molar-refractivity contribution in [1.29, 1.82) is 0 Å². The Morgan fingerprint density at radius 3 is 1.67 bits per heavy atom. The summed E-state index contributed by atoms with van der Waals surface area (Å²) in [4.78, 5) is 76.0. The van der Waals surface area contributed by atoms with Crippen molar-refractivity contribution in [2.75, 3.05) is 14.2 Å². The maximum absolute atomic E-state index is 14.3. The van der Waals surface area contributed by atoms with Crippen molar-refractivity contribution >= 4 is 46.4 Å². The lowest BCUT2D eigenvalue weighted by molar-refractivity contribution is -0.188. The number of alkyl carbamates (subject to hydrolysis) is 1. The highest BCUT2D eigenvalue weighted by molar-refractivity contribution is 5.89. The Bertz CT molecular complexity index is 2920. The van der Waals surface area contributed by atoms with Gasteiger partial charge in [-0.1, -0.05) is 97.1 Å². The standard InChI is InChI=1S/C50H46N8O6/c1-62-50(61)56-45(31-11-7-4-8-12-31)49(60)58-41-24-35(41)26-43(58)47-53-37-20-18-33(22-39(37)55-47)29-15-13-28(14-16-29)32-17-19-36-38(21-32)54-46(52-36)42-25-34-23-40(34)57(42)48(59)44(51-27-64-63-2)30-9-5-3-6-10-30/h3-22,27,34-35,40-45H,23-26H2,1-2H3,(H,52,54)(H,53,55)(H,56,61)/b51-27-/t34-,35-,40-,41-,42-,43-,44+,45+/m0/s1. The van der Waals surface area contributed by atoms with Gasteiger partial charge in [-0.2, -0.15) is 4.89 Å². The molecular weight excluding hydrogens is 809 g/mol. The van der Waals surface area contributed by atoms with Gasteiger partial charge in [0.2, 0.25) is 6.40 Å². The first-order valence-electron chi connectivity index (χ1n) is 21.7. The van der Waals surface area contributed by atoms with Crippen LogP contribution < -0.4 is 5.32 Å². The van der Waals surface area contributed by atoms with Gasteiger partial charge in [0.15, 0.2) is 6.04 Å². The normalized spacial score (nSPS) is 22.9. The lowest BCUT2D eigenvalue weighted by Crippen LogP contribution is -2.44. The fourth-order valence-electron chi connectivity index (χ4n) is 10.1. The Balaban J connectivity index is 0.811. The summed E-state index contributed by atoms with van der Waals surface area (Å²) in [6.45, 7) is 0. The second-order valence-electron chi connectivity index (χ2n) is 17.2. The number of rotatable bonds is 12. The quantitative estimate of drug-likeness (QED) is 0.0476. The summed E-state index contributed by atoms with van der Waals surface area (Å²) in [6, 6.07) is 37.9. The summed E-state index contributed by atoms with van der Waals surface area (Å²) in [7, 11) is 2.69. The van der Waals surface area contributed by atoms with Gasteiger partial charge in [-0.3, -0.25) is 9.59 Å². The molecule has 2 aliphatic heterocycles. The Labute approximate surface area is 368 Å². The summed E-state index contributed by atoms with van der Waals surface area (Å²) in [5, 5.41) is 2.77. The fraction of sp³-hybridized carbons (Fsp3) is 0.280. The lowest BCUT2D eigenvalue weighted by atomic mass is 10.00. The number of benzene rings is 5. The molecule has 2 saturated heterocycles. The van der Waals surface area contributed by atoms with Gasteiger partial charge in [0, 0.05) is 12.1 Å². The van der Waals surface area contributed by atoms with Crippen LogP contribution >= 0.6 is 0 Å². The van der Waals surface area contributed by atoms with Gasteiger partial charge in [0.05, 0.1) is 48.4 Å². The third-order valence-electron chi connectivity index (χ3n) is 13.4. The molecule has 0 spiro atoms. The summed E-state index contributed by atoms with van der Waals surface area (Å²) < 4.78 is 4.89. The number of hydrogen-bond acceptors (Lipinski definition) is 9. The second-order valence-corrected chi connectivity index (χ2v) is 17.2. The first kappa shape index (κ1) is 39.5. The molecule has 3 N–H and O–H groups in total. The van der Waals surface area contributed by atoms with Crippen molar-refractivity contribution < 1.29 is 28.9 Å². The number of likely N-dealkylation sites (tertiary alicyclic amines) is 2. The molecule has 2 aromatic heterocycles. The van der Waals surface area contributed by atoms with Crippen LogP contribution in [-0.4, -0.2) is 80.3 Å². The van der Waals surface area contributed by atoms with Crippen LogP contribution in [0.3, 0.4) is 0 Å². The summed E-state index contributed by atoms with van der Waals surface area (Å²) in [5.74, 6) is 2.11. The van der Waals surface area contributed by atoms with E-state index in [2.05, 4.69) is 74.9 Å². The molecule has 0 bridgehead atoms. The van der Waals surface area contributed by atoms with Crippen molar-refractivity contribution in [2.24, 2.45) is 16.8 Å². The Hall–Kier alpha value is -7.32. The molecule has 2 aliphatic carbocycles. The number of methoxy groups -OCH3 is 1. The number of hydrogen-bond donors (Lipinski definition) is 3. The van der Waals surface area contributed by atoms with Gasteiger partial charge in [-0.05, 0) is 95.2 Å². The predicted molar refractivity (Wildman–Crippen MR) is 239 cm³/mol. The number of ether oxygens (including phenoxy) is 1. The van der Waals surface area contributed by atoms with Crippen LogP contribution in [-0.2, 0) is 24.1 Å². The van der Waals surface area contributed by atoms with Crippen molar-refractivity contribution in [3.8, 4) is 22.3 Å². The van der Waals surface area contributed by atoms with E-state index >= 15 is 0 Å². The predicted octanol–water partition coefficient (Wildman–Crippen LogP) is 8.54. The van der Waals surface area contributed by atoms with E-state index in [1.165, 1.54) is 20.6 Å². The number of carbonyl (C=O) groups is 3. The van der Waals surface area contributed by atoms with E-state index in [-0.39, 0.29) is 36.0 Å². The molecule has 7 aromatic rings. The number of H-pyrrole nitrogens is 2. The Morgan fingerprint density at radius 1 is 0.656 bits per heavy atom. The third kappa shape index (κ3) is 7.22. The first-order chi connectivity index (χ1) is 31.3. The van der Waals surface area contributed by atoms with E-state index in [4.69, 9.17) is 24.5 Å². The largest absolute Gasteiger partial charge is 0.453 e. The van der Waals surface area contributed by atoms with E-state index in [9.17, 15) is 14.4 Å². The first-order valence-corrected chi connectivity index (χ1v) is 21.7. The molecule has 14 nitrogen and oxygen atoms in total. The van der Waals surface area contributed by atoms with E-state index < -0.39 is 18.2 Å². The lowest BCUT2D eigenvalue weighted by Gasteiger charge is -2.30. The van der Waals surface area contributed by atoms with E-state index in [1.54, 1.807) is 0 Å². The zero-order valence-electron chi connectivity index (χ0n) is 35.3. The maximum Gasteiger partial charge on any atom is 0.407 e. The molecule has 4 heterocycles. The molecule has 3 amide bonds. The number of fused-ring (bicyclic) bond motifs is 4. The summed E-state index contributed by atoms with van der Waals surface area (Å²) in [5.41, 5.74) is 9.11. The average molecular weight is 855 g/mol. The number of piperidine rings is 2. The third-order valence-corrected chi connectivity index (χ3v) is 13.4. The number of nitrogens with one attached hydrogen (secondary N) is 3. The highest BCUT2D eigenvalue weighted by Crippen LogP contribution is 2.55. The molecule has 8 atom stereocenters. The monoisotopic (exact) mass is 854 g/mol. The van der Waals surface area contributed by atoms with Crippen molar-refractivity contribution in [2.45, 2.75) is 61.9 Å². The van der Waals surface area contributed by atoms with Crippen molar-refractivity contribution in [1.82, 2.24) is 35.1 Å². The molecular formula is C50H46N8O6. The van der Waals surface area contributed by atoms with Crippen LogP contribution in [0.25, 0.3) is 44.3 Å². The SMILES string of the molecule is COO/C=N\[C@@H](C(=O)N1[C@H](c2nc3cc(-c4ccc(-c5ccc6[nH]c([C@@H]7C[C@@H]8C[C@@H]8N7C(=O)[C@H](NC(=O)OC)c7ccccc7)nc6c5)cc4)ccc3[nH]2)C[C@@H]2C[C@@H]21)c1ccccc1. The zero-order valence-corrected chi connectivity index (χ0v) is 35.3. The molecule has 322 valence electrons. The van der Waals surface area contributed by atoms with Crippen LogP contribution in [0.4, 0.5) is 4.79 Å². The Morgan fingerprint density at radius 2 is 1.16 bits per heavy atom. The van der Waals surface area contributed by atoms with Crippen LogP contribution in [0.2, 0.25) is 0 Å². The highest BCUT2D eigenvalue weighted by atomic mass is 17.2. The second kappa shape index (κ2) is 16.1.